The first kappa shape index (κ1) is 25.6. The summed E-state index contributed by atoms with van der Waals surface area (Å²) in [7, 11) is 0. The molecule has 32 heavy (non-hydrogen) atoms. The lowest BCUT2D eigenvalue weighted by Crippen LogP contribution is -2.67. The molecule has 0 unspecified atom stereocenters. The number of carbonyl (C=O) groups excluding carboxylic acids is 1. The van der Waals surface area contributed by atoms with Gasteiger partial charge < -0.3 is 25.7 Å². The largest absolute Gasteiger partial charge is 0.396 e. The number of aliphatic hydroxyl groups excluding tert-OH is 1. The third-order valence-electron chi connectivity index (χ3n) is 4.93. The zero-order valence-electron chi connectivity index (χ0n) is 18.5. The SMILES string of the molecule is CC.Cc1ccc(Nc2c(C(=O)N3CC(O)(CNCCCO)C3)ccc(F)c2F)c(F)c1. The maximum atomic E-state index is 14.5. The van der Waals surface area contributed by atoms with Crippen LogP contribution in [0.5, 0.6) is 0 Å². The van der Waals surface area contributed by atoms with E-state index in [1.165, 1.54) is 17.0 Å². The molecule has 0 spiro atoms. The van der Waals surface area contributed by atoms with Crippen LogP contribution < -0.4 is 10.6 Å². The molecule has 0 aromatic heterocycles. The molecule has 0 bridgehead atoms. The molecule has 0 atom stereocenters. The molecule has 1 heterocycles. The average molecular weight is 454 g/mol. The van der Waals surface area contributed by atoms with Crippen LogP contribution in [0.1, 0.15) is 36.2 Å². The van der Waals surface area contributed by atoms with E-state index >= 15 is 0 Å². The van der Waals surface area contributed by atoms with Gasteiger partial charge in [-0.2, -0.15) is 0 Å². The fourth-order valence-electron chi connectivity index (χ4n) is 3.32. The predicted octanol–water partition coefficient (Wildman–Crippen LogP) is 3.34. The van der Waals surface area contributed by atoms with E-state index in [0.29, 0.717) is 18.5 Å². The van der Waals surface area contributed by atoms with Crippen LogP contribution in [-0.4, -0.2) is 59.4 Å². The summed E-state index contributed by atoms with van der Waals surface area (Å²) in [6, 6.07) is 6.18. The highest BCUT2D eigenvalue weighted by Gasteiger charge is 2.44. The highest BCUT2D eigenvalue weighted by molar-refractivity contribution is 6.01. The minimum Gasteiger partial charge on any atom is -0.396 e. The molecule has 2 aromatic rings. The smallest absolute Gasteiger partial charge is 0.256 e. The van der Waals surface area contributed by atoms with Crippen molar-refractivity contribution in [3.8, 4) is 0 Å². The maximum Gasteiger partial charge on any atom is 0.256 e. The van der Waals surface area contributed by atoms with E-state index in [2.05, 4.69) is 10.6 Å². The van der Waals surface area contributed by atoms with E-state index in [1.807, 2.05) is 13.8 Å². The number of amides is 1. The van der Waals surface area contributed by atoms with Crippen molar-refractivity contribution in [1.82, 2.24) is 10.2 Å². The van der Waals surface area contributed by atoms with Gasteiger partial charge in [-0.05, 0) is 49.7 Å². The number of nitrogens with zero attached hydrogens (tertiary/aromatic N) is 1. The second-order valence-electron chi connectivity index (χ2n) is 7.53. The maximum absolute atomic E-state index is 14.5. The Labute approximate surface area is 186 Å². The quantitative estimate of drug-likeness (QED) is 0.461. The standard InChI is InChI=1S/C21H24F3N3O3.C2H6/c1-13-3-6-17(16(23)9-13)26-19-14(4-5-15(22)18(19)24)20(29)27-11-21(30,12-27)10-25-7-2-8-28;1-2/h3-6,9,25-26,28,30H,2,7-8,10-12H2,1H3;1-2H3. The van der Waals surface area contributed by atoms with Crippen LogP contribution in [0.2, 0.25) is 0 Å². The van der Waals surface area contributed by atoms with Gasteiger partial charge in [0.2, 0.25) is 0 Å². The number of hydrogen-bond acceptors (Lipinski definition) is 5. The monoisotopic (exact) mass is 453 g/mol. The fraction of sp³-hybridized carbons (Fsp3) is 0.435. The summed E-state index contributed by atoms with van der Waals surface area (Å²) in [5.41, 5.74) is -1.20. The molecule has 0 radical (unpaired) electrons. The van der Waals surface area contributed by atoms with Crippen molar-refractivity contribution in [3.05, 3.63) is 58.9 Å². The van der Waals surface area contributed by atoms with Crippen molar-refractivity contribution < 1.29 is 28.2 Å². The summed E-state index contributed by atoms with van der Waals surface area (Å²) in [5, 5.41) is 24.7. The Hall–Kier alpha value is -2.62. The molecule has 176 valence electrons. The van der Waals surface area contributed by atoms with Crippen molar-refractivity contribution in [1.29, 1.82) is 0 Å². The number of aliphatic hydroxyl groups is 2. The number of likely N-dealkylation sites (tertiary alicyclic amines) is 1. The minimum atomic E-state index is -1.29. The molecule has 4 N–H and O–H groups in total. The Balaban J connectivity index is 0.00000176. The summed E-state index contributed by atoms with van der Waals surface area (Å²) >= 11 is 0. The molecule has 2 aromatic carbocycles. The number of aryl methyl sites for hydroxylation is 1. The van der Waals surface area contributed by atoms with Gasteiger partial charge in [-0.3, -0.25) is 4.79 Å². The summed E-state index contributed by atoms with van der Waals surface area (Å²) in [6.07, 6.45) is 0.540. The van der Waals surface area contributed by atoms with Crippen molar-refractivity contribution in [3.63, 3.8) is 0 Å². The second kappa shape index (κ2) is 11.3. The van der Waals surface area contributed by atoms with Gasteiger partial charge in [0, 0.05) is 13.2 Å². The lowest BCUT2D eigenvalue weighted by atomic mass is 9.92. The zero-order chi connectivity index (χ0) is 23.9. The Kier molecular flexibility index (Phi) is 9.06. The summed E-state index contributed by atoms with van der Waals surface area (Å²) in [6.45, 7) is 6.49. The van der Waals surface area contributed by atoms with Gasteiger partial charge in [0.1, 0.15) is 11.4 Å². The molecule has 1 amide bonds. The van der Waals surface area contributed by atoms with Gasteiger partial charge in [0.25, 0.3) is 5.91 Å². The fourth-order valence-corrected chi connectivity index (χ4v) is 3.32. The Morgan fingerprint density at radius 2 is 1.81 bits per heavy atom. The van der Waals surface area contributed by atoms with Gasteiger partial charge in [-0.1, -0.05) is 19.9 Å². The van der Waals surface area contributed by atoms with Crippen LogP contribution in [0.25, 0.3) is 0 Å². The van der Waals surface area contributed by atoms with Crippen LogP contribution >= 0.6 is 0 Å². The van der Waals surface area contributed by atoms with E-state index in [4.69, 9.17) is 5.11 Å². The highest BCUT2D eigenvalue weighted by Crippen LogP contribution is 2.31. The number of halogens is 3. The Morgan fingerprint density at radius 3 is 2.44 bits per heavy atom. The molecule has 3 rings (SSSR count). The van der Waals surface area contributed by atoms with Gasteiger partial charge in [-0.25, -0.2) is 13.2 Å². The van der Waals surface area contributed by atoms with Gasteiger partial charge in [-0.15, -0.1) is 0 Å². The van der Waals surface area contributed by atoms with Crippen molar-refractivity contribution >= 4 is 17.3 Å². The number of hydrogen-bond donors (Lipinski definition) is 4. The predicted molar refractivity (Wildman–Crippen MR) is 118 cm³/mol. The van der Waals surface area contributed by atoms with Crippen LogP contribution in [0.15, 0.2) is 30.3 Å². The van der Waals surface area contributed by atoms with Gasteiger partial charge >= 0.3 is 0 Å². The summed E-state index contributed by atoms with van der Waals surface area (Å²) < 4.78 is 42.5. The second-order valence-corrected chi connectivity index (χ2v) is 7.53. The van der Waals surface area contributed by atoms with Crippen LogP contribution in [-0.2, 0) is 0 Å². The summed E-state index contributed by atoms with van der Waals surface area (Å²) in [4.78, 5) is 14.1. The van der Waals surface area contributed by atoms with Crippen molar-refractivity contribution in [2.45, 2.75) is 32.8 Å². The Morgan fingerprint density at radius 1 is 1.12 bits per heavy atom. The molecule has 0 aliphatic carbocycles. The third kappa shape index (κ3) is 5.99. The number of nitrogens with one attached hydrogen (secondary N) is 2. The average Bonchev–Trinajstić information content (AvgIpc) is 2.75. The lowest BCUT2D eigenvalue weighted by Gasteiger charge is -2.46. The number of anilines is 2. The van der Waals surface area contributed by atoms with E-state index < -0.39 is 34.6 Å². The first-order valence-electron chi connectivity index (χ1n) is 10.6. The van der Waals surface area contributed by atoms with E-state index in [9.17, 15) is 23.1 Å². The third-order valence-corrected chi connectivity index (χ3v) is 4.93. The molecular weight excluding hydrogens is 423 g/mol. The van der Waals surface area contributed by atoms with E-state index in [-0.39, 0.29) is 37.5 Å². The minimum absolute atomic E-state index is 0.00921. The molecule has 1 fully saturated rings. The van der Waals surface area contributed by atoms with E-state index in [0.717, 1.165) is 12.1 Å². The normalized spacial score (nSPS) is 14.3. The number of rotatable bonds is 8. The topological polar surface area (TPSA) is 84.8 Å². The summed E-state index contributed by atoms with van der Waals surface area (Å²) in [5.74, 6) is -3.73. The molecule has 6 nitrogen and oxygen atoms in total. The Bertz CT molecular complexity index is 934. The number of carbonyl (C=O) groups is 1. The van der Waals surface area contributed by atoms with Gasteiger partial charge in [0.15, 0.2) is 11.6 Å². The van der Waals surface area contributed by atoms with E-state index in [1.54, 1.807) is 13.0 Å². The van der Waals surface area contributed by atoms with Crippen LogP contribution in [0.4, 0.5) is 24.5 Å². The van der Waals surface area contributed by atoms with Crippen molar-refractivity contribution in [2.24, 2.45) is 0 Å². The number of β-amino-alcohol motifs (C(OH)–C–C–N with tert-alkyl or cyclic N) is 1. The molecule has 0 saturated carbocycles. The highest BCUT2D eigenvalue weighted by atomic mass is 19.2. The lowest BCUT2D eigenvalue weighted by molar-refractivity contribution is -0.0785. The van der Waals surface area contributed by atoms with Crippen LogP contribution in [0.3, 0.4) is 0 Å². The van der Waals surface area contributed by atoms with Crippen LogP contribution in [0, 0.1) is 24.4 Å². The molecule has 1 saturated heterocycles. The molecular formula is C23H30F3N3O3. The molecule has 1 aliphatic heterocycles. The first-order chi connectivity index (χ1) is 15.2. The van der Waals surface area contributed by atoms with Gasteiger partial charge in [0.05, 0.1) is 30.0 Å². The number of benzene rings is 2. The molecule has 9 heteroatoms. The molecule has 1 aliphatic rings. The first-order valence-corrected chi connectivity index (χ1v) is 10.6. The zero-order valence-corrected chi connectivity index (χ0v) is 18.5. The van der Waals surface area contributed by atoms with Crippen molar-refractivity contribution in [2.75, 3.05) is 38.1 Å².